The van der Waals surface area contributed by atoms with Gasteiger partial charge in [-0.05, 0) is 24.2 Å². The summed E-state index contributed by atoms with van der Waals surface area (Å²) in [7, 11) is 0. The van der Waals surface area contributed by atoms with Crippen LogP contribution in [0.25, 0.3) is 0 Å². The monoisotopic (exact) mass is 186 g/mol. The zero-order chi connectivity index (χ0) is 10.3. The van der Waals surface area contributed by atoms with Gasteiger partial charge in [-0.1, -0.05) is 47.0 Å². The van der Waals surface area contributed by atoms with E-state index in [0.717, 1.165) is 12.3 Å². The summed E-state index contributed by atoms with van der Waals surface area (Å²) in [6, 6.07) is 0. The first kappa shape index (κ1) is 13.0. The molecule has 0 spiro atoms. The second kappa shape index (κ2) is 6.42. The van der Waals surface area contributed by atoms with Crippen molar-refractivity contribution in [2.45, 2.75) is 59.8 Å². The molecule has 0 amide bonds. The minimum absolute atomic E-state index is 0.353. The standard InChI is InChI=1S/C12H26O/c1-11(7-5-6-10-13)8-9-12(2,3)4/h11,13H,5-10H2,1-4H3. The Labute approximate surface area is 83.5 Å². The maximum atomic E-state index is 8.64. The van der Waals surface area contributed by atoms with Crippen LogP contribution in [-0.4, -0.2) is 11.7 Å². The summed E-state index contributed by atoms with van der Waals surface area (Å²) in [5.41, 5.74) is 0.477. The second-order valence-corrected chi connectivity index (χ2v) is 5.42. The molecule has 0 bridgehead atoms. The second-order valence-electron chi connectivity index (χ2n) is 5.42. The summed E-state index contributed by atoms with van der Waals surface area (Å²) in [6.07, 6.45) is 6.07. The van der Waals surface area contributed by atoms with Crippen LogP contribution < -0.4 is 0 Å². The van der Waals surface area contributed by atoms with Crippen LogP contribution in [-0.2, 0) is 0 Å². The van der Waals surface area contributed by atoms with Gasteiger partial charge < -0.3 is 5.11 Å². The van der Waals surface area contributed by atoms with Gasteiger partial charge in [0.25, 0.3) is 0 Å². The van der Waals surface area contributed by atoms with Crippen molar-refractivity contribution >= 4 is 0 Å². The molecule has 13 heavy (non-hydrogen) atoms. The van der Waals surface area contributed by atoms with Crippen LogP contribution in [0, 0.1) is 11.3 Å². The third-order valence-electron chi connectivity index (χ3n) is 2.49. The lowest BCUT2D eigenvalue weighted by Gasteiger charge is -2.20. The first-order valence-electron chi connectivity index (χ1n) is 5.56. The molecule has 1 atom stereocenters. The van der Waals surface area contributed by atoms with E-state index < -0.39 is 0 Å². The van der Waals surface area contributed by atoms with Gasteiger partial charge in [0.15, 0.2) is 0 Å². The third-order valence-corrected chi connectivity index (χ3v) is 2.49. The van der Waals surface area contributed by atoms with Crippen molar-refractivity contribution in [2.75, 3.05) is 6.61 Å². The number of aliphatic hydroxyl groups excluding tert-OH is 1. The molecule has 1 heteroatoms. The Balaban J connectivity index is 3.35. The Morgan fingerprint density at radius 2 is 1.69 bits per heavy atom. The van der Waals surface area contributed by atoms with E-state index >= 15 is 0 Å². The van der Waals surface area contributed by atoms with Crippen molar-refractivity contribution in [3.05, 3.63) is 0 Å². The molecule has 0 aliphatic heterocycles. The van der Waals surface area contributed by atoms with E-state index in [1.165, 1.54) is 25.7 Å². The first-order valence-corrected chi connectivity index (χ1v) is 5.56. The smallest absolute Gasteiger partial charge is 0.0431 e. The third kappa shape index (κ3) is 9.88. The minimum Gasteiger partial charge on any atom is -0.396 e. The maximum Gasteiger partial charge on any atom is 0.0431 e. The van der Waals surface area contributed by atoms with E-state index in [9.17, 15) is 0 Å². The van der Waals surface area contributed by atoms with Gasteiger partial charge in [0.05, 0.1) is 0 Å². The molecular weight excluding hydrogens is 160 g/mol. The molecule has 0 aromatic heterocycles. The van der Waals surface area contributed by atoms with E-state index in [4.69, 9.17) is 5.11 Å². The van der Waals surface area contributed by atoms with E-state index in [1.807, 2.05) is 0 Å². The van der Waals surface area contributed by atoms with E-state index in [0.29, 0.717) is 12.0 Å². The van der Waals surface area contributed by atoms with Crippen LogP contribution in [0.2, 0.25) is 0 Å². The van der Waals surface area contributed by atoms with Gasteiger partial charge >= 0.3 is 0 Å². The molecule has 0 aromatic carbocycles. The minimum atomic E-state index is 0.353. The van der Waals surface area contributed by atoms with Crippen molar-refractivity contribution < 1.29 is 5.11 Å². The van der Waals surface area contributed by atoms with E-state index in [1.54, 1.807) is 0 Å². The Kier molecular flexibility index (Phi) is 6.40. The average Bonchev–Trinajstić information content (AvgIpc) is 2.00. The first-order chi connectivity index (χ1) is 5.95. The lowest BCUT2D eigenvalue weighted by molar-refractivity contribution is 0.272. The van der Waals surface area contributed by atoms with Crippen LogP contribution in [0.5, 0.6) is 0 Å². The molecule has 0 aromatic rings. The van der Waals surface area contributed by atoms with Crippen LogP contribution in [0.1, 0.15) is 59.8 Å². The van der Waals surface area contributed by atoms with E-state index in [2.05, 4.69) is 27.7 Å². The fourth-order valence-electron chi connectivity index (χ4n) is 1.43. The van der Waals surface area contributed by atoms with E-state index in [-0.39, 0.29) is 0 Å². The summed E-state index contributed by atoms with van der Waals surface area (Å²) in [4.78, 5) is 0. The van der Waals surface area contributed by atoms with Crippen molar-refractivity contribution in [3.8, 4) is 0 Å². The fraction of sp³-hybridized carbons (Fsp3) is 1.00. The van der Waals surface area contributed by atoms with Crippen LogP contribution in [0.15, 0.2) is 0 Å². The maximum absolute atomic E-state index is 8.64. The van der Waals surface area contributed by atoms with Crippen LogP contribution in [0.3, 0.4) is 0 Å². The topological polar surface area (TPSA) is 20.2 Å². The van der Waals surface area contributed by atoms with Gasteiger partial charge in [0, 0.05) is 6.61 Å². The van der Waals surface area contributed by atoms with Crippen molar-refractivity contribution in [2.24, 2.45) is 11.3 Å². The number of aliphatic hydroxyl groups is 1. The predicted octanol–water partition coefficient (Wildman–Crippen LogP) is 3.61. The molecule has 0 heterocycles. The van der Waals surface area contributed by atoms with Crippen molar-refractivity contribution in [1.29, 1.82) is 0 Å². The molecule has 1 N–H and O–H groups in total. The Morgan fingerprint density at radius 3 is 2.15 bits per heavy atom. The SMILES string of the molecule is CC(CCCCO)CCC(C)(C)C. The predicted molar refractivity (Wildman–Crippen MR) is 58.8 cm³/mol. The molecule has 0 rings (SSSR count). The van der Waals surface area contributed by atoms with Crippen LogP contribution in [0.4, 0.5) is 0 Å². The zero-order valence-electron chi connectivity index (χ0n) is 9.77. The summed E-state index contributed by atoms with van der Waals surface area (Å²) in [5, 5.41) is 8.64. The fourth-order valence-corrected chi connectivity index (χ4v) is 1.43. The lowest BCUT2D eigenvalue weighted by atomic mass is 9.86. The average molecular weight is 186 g/mol. The molecule has 1 unspecified atom stereocenters. The zero-order valence-corrected chi connectivity index (χ0v) is 9.77. The van der Waals surface area contributed by atoms with Gasteiger partial charge in [-0.2, -0.15) is 0 Å². The molecule has 0 aliphatic rings. The van der Waals surface area contributed by atoms with Gasteiger partial charge in [-0.25, -0.2) is 0 Å². The molecular formula is C12H26O. The molecule has 0 aliphatic carbocycles. The lowest BCUT2D eigenvalue weighted by Crippen LogP contribution is -2.07. The molecule has 0 saturated carbocycles. The van der Waals surface area contributed by atoms with Gasteiger partial charge in [-0.3, -0.25) is 0 Å². The highest BCUT2D eigenvalue weighted by Crippen LogP contribution is 2.25. The summed E-state index contributed by atoms with van der Waals surface area (Å²) in [6.45, 7) is 9.57. The number of unbranched alkanes of at least 4 members (excludes halogenated alkanes) is 1. The number of rotatable bonds is 6. The molecule has 0 saturated heterocycles. The molecule has 1 nitrogen and oxygen atoms in total. The molecule has 0 radical (unpaired) electrons. The number of hydrogen-bond acceptors (Lipinski definition) is 1. The highest BCUT2D eigenvalue weighted by molar-refractivity contribution is 4.64. The van der Waals surface area contributed by atoms with Gasteiger partial charge in [0.1, 0.15) is 0 Å². The normalized spacial score (nSPS) is 14.5. The number of hydrogen-bond donors (Lipinski definition) is 1. The molecule has 0 fully saturated rings. The summed E-state index contributed by atoms with van der Waals surface area (Å²) < 4.78 is 0. The largest absolute Gasteiger partial charge is 0.396 e. The van der Waals surface area contributed by atoms with Crippen molar-refractivity contribution in [1.82, 2.24) is 0 Å². The van der Waals surface area contributed by atoms with Gasteiger partial charge in [0.2, 0.25) is 0 Å². The van der Waals surface area contributed by atoms with Gasteiger partial charge in [-0.15, -0.1) is 0 Å². The Hall–Kier alpha value is -0.0400. The highest BCUT2D eigenvalue weighted by Gasteiger charge is 2.11. The van der Waals surface area contributed by atoms with Crippen LogP contribution >= 0.6 is 0 Å². The summed E-state index contributed by atoms with van der Waals surface area (Å²) >= 11 is 0. The highest BCUT2D eigenvalue weighted by atomic mass is 16.2. The Bertz CT molecular complexity index is 113. The summed E-state index contributed by atoms with van der Waals surface area (Å²) in [5.74, 6) is 0.825. The van der Waals surface area contributed by atoms with Crippen molar-refractivity contribution in [3.63, 3.8) is 0 Å². The quantitative estimate of drug-likeness (QED) is 0.628. The Morgan fingerprint density at radius 1 is 1.08 bits per heavy atom. The molecule has 80 valence electrons.